The molecule has 4 rings (SSSR count). The van der Waals surface area contributed by atoms with Gasteiger partial charge in [0.15, 0.2) is 5.13 Å². The summed E-state index contributed by atoms with van der Waals surface area (Å²) in [5.74, 6) is 1.74. The third kappa shape index (κ3) is 4.29. The zero-order chi connectivity index (χ0) is 18.6. The number of fused-ring (bicyclic) bond motifs is 1. The number of aliphatic hydroxyl groups excluding tert-OH is 1. The fraction of sp³-hybridized carbons (Fsp3) is 0.368. The summed E-state index contributed by atoms with van der Waals surface area (Å²) in [5, 5.41) is 14.1. The highest BCUT2D eigenvalue weighted by atomic mass is 32.1. The Labute approximate surface area is 161 Å². The molecular weight excluding hydrogens is 364 g/mol. The Morgan fingerprint density at radius 3 is 2.89 bits per heavy atom. The fourth-order valence-corrected chi connectivity index (χ4v) is 3.97. The minimum absolute atomic E-state index is 0.454. The van der Waals surface area contributed by atoms with Crippen molar-refractivity contribution in [1.29, 1.82) is 0 Å². The van der Waals surface area contributed by atoms with Gasteiger partial charge < -0.3 is 24.8 Å². The predicted octanol–water partition coefficient (Wildman–Crippen LogP) is 2.51. The molecule has 1 aliphatic rings. The predicted molar refractivity (Wildman–Crippen MR) is 107 cm³/mol. The second-order valence-corrected chi connectivity index (χ2v) is 7.37. The van der Waals surface area contributed by atoms with Crippen LogP contribution in [0.3, 0.4) is 0 Å². The number of rotatable bonds is 6. The number of ether oxygens (including phenoxy) is 2. The normalized spacial score (nSPS) is 15.7. The lowest BCUT2D eigenvalue weighted by Gasteiger charge is -2.27. The number of methoxy groups -OCH3 is 1. The number of hydrogen-bond acceptors (Lipinski definition) is 8. The lowest BCUT2D eigenvalue weighted by Crippen LogP contribution is -2.36. The largest absolute Gasteiger partial charge is 0.497 e. The molecule has 0 amide bonds. The SMILES string of the molecule is COc1ccc2nc(NC(O)Cc3ccc(N4CCOCC4)nc3)sc2c1. The number of thiazole rings is 1. The average molecular weight is 386 g/mol. The third-order valence-electron chi connectivity index (χ3n) is 4.46. The highest BCUT2D eigenvalue weighted by Gasteiger charge is 2.13. The second-order valence-electron chi connectivity index (χ2n) is 6.34. The van der Waals surface area contributed by atoms with E-state index in [1.165, 1.54) is 11.3 Å². The van der Waals surface area contributed by atoms with E-state index in [4.69, 9.17) is 9.47 Å². The molecule has 142 valence electrons. The molecule has 3 aromatic rings. The van der Waals surface area contributed by atoms with E-state index in [9.17, 15) is 5.11 Å². The number of aromatic nitrogens is 2. The van der Waals surface area contributed by atoms with E-state index in [0.717, 1.165) is 53.7 Å². The van der Waals surface area contributed by atoms with E-state index in [0.29, 0.717) is 11.6 Å². The molecule has 0 spiro atoms. The van der Waals surface area contributed by atoms with Gasteiger partial charge in [-0.25, -0.2) is 9.97 Å². The van der Waals surface area contributed by atoms with E-state index in [1.54, 1.807) is 7.11 Å². The molecule has 0 saturated carbocycles. The molecule has 7 nitrogen and oxygen atoms in total. The zero-order valence-corrected chi connectivity index (χ0v) is 15.9. The molecule has 0 aliphatic carbocycles. The Kier molecular flexibility index (Phi) is 5.38. The number of hydrogen-bond donors (Lipinski definition) is 2. The number of nitrogens with one attached hydrogen (secondary N) is 1. The Morgan fingerprint density at radius 2 is 2.15 bits per heavy atom. The van der Waals surface area contributed by atoms with E-state index in [1.807, 2.05) is 36.5 Å². The zero-order valence-electron chi connectivity index (χ0n) is 15.1. The van der Waals surface area contributed by atoms with Crippen LogP contribution in [0.25, 0.3) is 10.2 Å². The van der Waals surface area contributed by atoms with Gasteiger partial charge in [0.2, 0.25) is 0 Å². The highest BCUT2D eigenvalue weighted by molar-refractivity contribution is 7.22. The minimum atomic E-state index is -0.733. The van der Waals surface area contributed by atoms with Crippen LogP contribution in [-0.2, 0) is 11.2 Å². The van der Waals surface area contributed by atoms with Crippen LogP contribution in [-0.4, -0.2) is 54.7 Å². The topological polar surface area (TPSA) is 79.7 Å². The molecule has 2 aromatic heterocycles. The molecule has 3 heterocycles. The van der Waals surface area contributed by atoms with Gasteiger partial charge in [-0.2, -0.15) is 0 Å². The molecule has 1 aromatic carbocycles. The van der Waals surface area contributed by atoms with Crippen LogP contribution in [0.1, 0.15) is 5.56 Å². The number of anilines is 2. The van der Waals surface area contributed by atoms with Crippen molar-refractivity contribution in [3.05, 3.63) is 42.1 Å². The number of pyridine rings is 1. The number of nitrogens with zero attached hydrogens (tertiary/aromatic N) is 3. The molecule has 1 unspecified atom stereocenters. The Bertz CT molecular complexity index is 894. The van der Waals surface area contributed by atoms with Crippen LogP contribution < -0.4 is 15.0 Å². The summed E-state index contributed by atoms with van der Waals surface area (Å²) in [7, 11) is 1.64. The smallest absolute Gasteiger partial charge is 0.185 e. The summed E-state index contributed by atoms with van der Waals surface area (Å²) in [6.07, 6.45) is 1.54. The fourth-order valence-electron chi connectivity index (χ4n) is 3.03. The molecule has 27 heavy (non-hydrogen) atoms. The molecule has 1 atom stereocenters. The maximum Gasteiger partial charge on any atom is 0.185 e. The van der Waals surface area contributed by atoms with Crippen LogP contribution >= 0.6 is 11.3 Å². The molecule has 1 saturated heterocycles. The van der Waals surface area contributed by atoms with Gasteiger partial charge in [0, 0.05) is 25.7 Å². The number of aliphatic hydroxyl groups is 1. The average Bonchev–Trinajstić information content (AvgIpc) is 3.10. The summed E-state index contributed by atoms with van der Waals surface area (Å²) in [5.41, 5.74) is 1.85. The Hall–Kier alpha value is -2.42. The third-order valence-corrected chi connectivity index (χ3v) is 5.41. The molecule has 2 N–H and O–H groups in total. The van der Waals surface area contributed by atoms with E-state index >= 15 is 0 Å². The highest BCUT2D eigenvalue weighted by Crippen LogP contribution is 2.29. The van der Waals surface area contributed by atoms with Gasteiger partial charge in [0.05, 0.1) is 30.5 Å². The minimum Gasteiger partial charge on any atom is -0.497 e. The molecule has 1 fully saturated rings. The van der Waals surface area contributed by atoms with Crippen molar-refractivity contribution in [3.63, 3.8) is 0 Å². The van der Waals surface area contributed by atoms with Crippen molar-refractivity contribution in [2.45, 2.75) is 12.6 Å². The van der Waals surface area contributed by atoms with Gasteiger partial charge in [-0.05, 0) is 29.8 Å². The molecule has 0 radical (unpaired) electrons. The summed E-state index contributed by atoms with van der Waals surface area (Å²) >= 11 is 1.49. The standard InChI is InChI=1S/C19H22N4O3S/c1-25-14-3-4-15-16(11-14)27-19(21-15)22-18(24)10-13-2-5-17(20-12-13)23-6-8-26-9-7-23/h2-5,11-12,18,24H,6-10H2,1H3,(H,21,22). The first-order chi connectivity index (χ1) is 13.2. The number of morpholine rings is 1. The summed E-state index contributed by atoms with van der Waals surface area (Å²) < 4.78 is 11.6. The maximum absolute atomic E-state index is 10.4. The van der Waals surface area contributed by atoms with Gasteiger partial charge in [0.25, 0.3) is 0 Å². The van der Waals surface area contributed by atoms with Crippen LogP contribution in [0.15, 0.2) is 36.5 Å². The Morgan fingerprint density at radius 1 is 1.30 bits per heavy atom. The first-order valence-electron chi connectivity index (χ1n) is 8.88. The second kappa shape index (κ2) is 8.08. The van der Waals surface area contributed by atoms with Crippen LogP contribution in [0.5, 0.6) is 5.75 Å². The van der Waals surface area contributed by atoms with Crippen molar-refractivity contribution in [2.24, 2.45) is 0 Å². The van der Waals surface area contributed by atoms with Crippen LogP contribution in [0.4, 0.5) is 10.9 Å². The van der Waals surface area contributed by atoms with E-state index in [-0.39, 0.29) is 0 Å². The van der Waals surface area contributed by atoms with E-state index in [2.05, 4.69) is 20.2 Å². The summed E-state index contributed by atoms with van der Waals surface area (Å²) in [6.45, 7) is 3.19. The number of benzene rings is 1. The van der Waals surface area contributed by atoms with Gasteiger partial charge in [-0.1, -0.05) is 17.4 Å². The first kappa shape index (κ1) is 18.0. The van der Waals surface area contributed by atoms with Crippen molar-refractivity contribution in [3.8, 4) is 5.75 Å². The van der Waals surface area contributed by atoms with Crippen molar-refractivity contribution in [1.82, 2.24) is 9.97 Å². The maximum atomic E-state index is 10.4. The van der Waals surface area contributed by atoms with E-state index < -0.39 is 6.23 Å². The van der Waals surface area contributed by atoms with Crippen molar-refractivity contribution >= 4 is 32.5 Å². The monoisotopic (exact) mass is 386 g/mol. The lowest BCUT2D eigenvalue weighted by atomic mass is 10.2. The summed E-state index contributed by atoms with van der Waals surface area (Å²) in [4.78, 5) is 11.2. The van der Waals surface area contributed by atoms with Gasteiger partial charge in [-0.15, -0.1) is 0 Å². The lowest BCUT2D eigenvalue weighted by molar-refractivity contribution is 0.122. The molecule has 1 aliphatic heterocycles. The molecule has 8 heteroatoms. The Balaban J connectivity index is 1.38. The quantitative estimate of drug-likeness (QED) is 0.630. The van der Waals surface area contributed by atoms with Crippen LogP contribution in [0, 0.1) is 0 Å². The summed E-state index contributed by atoms with van der Waals surface area (Å²) in [6, 6.07) is 9.74. The van der Waals surface area contributed by atoms with Crippen molar-refractivity contribution in [2.75, 3.05) is 43.6 Å². The first-order valence-corrected chi connectivity index (χ1v) is 9.70. The van der Waals surface area contributed by atoms with Gasteiger partial charge in [-0.3, -0.25) is 0 Å². The molecular formula is C19H22N4O3S. The molecule has 0 bridgehead atoms. The van der Waals surface area contributed by atoms with Gasteiger partial charge in [0.1, 0.15) is 17.8 Å². The van der Waals surface area contributed by atoms with Crippen LogP contribution in [0.2, 0.25) is 0 Å². The van der Waals surface area contributed by atoms with Gasteiger partial charge >= 0.3 is 0 Å². The van der Waals surface area contributed by atoms with Crippen molar-refractivity contribution < 1.29 is 14.6 Å².